The smallest absolute Gasteiger partial charge is 0.246 e. The third kappa shape index (κ3) is 0.600. The van der Waals surface area contributed by atoms with Gasteiger partial charge in [-0.05, 0) is 0 Å². The van der Waals surface area contributed by atoms with Gasteiger partial charge in [0.25, 0.3) is 0 Å². The molecule has 0 aromatic rings. The molecule has 0 bridgehead atoms. The third-order valence-corrected chi connectivity index (χ3v) is 2.05. The molecule has 0 heterocycles. The molecule has 2 unspecified atom stereocenters. The summed E-state index contributed by atoms with van der Waals surface area (Å²) < 4.78 is 0. The quantitative estimate of drug-likeness (QED) is 0.445. The molecular weight excluding hydrogens is 112 g/mol. The second kappa shape index (κ2) is 1.48. The van der Waals surface area contributed by atoms with E-state index in [-0.39, 0.29) is 17.4 Å². The first kappa shape index (κ1) is 6.11. The van der Waals surface area contributed by atoms with Crippen LogP contribution in [0.2, 0.25) is 0 Å². The van der Waals surface area contributed by atoms with Crippen molar-refractivity contribution in [3.63, 3.8) is 0 Å². The molecule has 0 aliphatic heterocycles. The Balaban J connectivity index is 2.72. The van der Waals surface area contributed by atoms with Crippen LogP contribution < -0.4 is 0 Å². The van der Waals surface area contributed by atoms with Crippen LogP contribution in [0, 0.1) is 29.2 Å². The molecule has 0 aromatic carbocycles. The SMILES string of the molecule is [C-]#[N+]C1C(C#N)C1(C)C. The summed E-state index contributed by atoms with van der Waals surface area (Å²) in [6.07, 6.45) is 0. The highest BCUT2D eigenvalue weighted by Gasteiger charge is 2.65. The van der Waals surface area contributed by atoms with Crippen LogP contribution in [0.15, 0.2) is 0 Å². The molecule has 9 heavy (non-hydrogen) atoms. The monoisotopic (exact) mass is 120 g/mol. The predicted molar refractivity (Wildman–Crippen MR) is 33.3 cm³/mol. The second-order valence-corrected chi connectivity index (χ2v) is 3.00. The van der Waals surface area contributed by atoms with E-state index in [1.54, 1.807) is 0 Å². The van der Waals surface area contributed by atoms with Crippen molar-refractivity contribution in [2.45, 2.75) is 19.9 Å². The normalized spacial score (nSPS) is 36.4. The molecule has 0 aromatic heterocycles. The van der Waals surface area contributed by atoms with E-state index in [4.69, 9.17) is 11.8 Å². The Morgan fingerprint density at radius 3 is 2.33 bits per heavy atom. The van der Waals surface area contributed by atoms with E-state index in [9.17, 15) is 0 Å². The molecule has 1 rings (SSSR count). The van der Waals surface area contributed by atoms with Crippen molar-refractivity contribution in [1.82, 2.24) is 0 Å². The Bertz CT molecular complexity index is 182. The van der Waals surface area contributed by atoms with Gasteiger partial charge >= 0.3 is 0 Å². The summed E-state index contributed by atoms with van der Waals surface area (Å²) in [6.45, 7) is 10.6. The van der Waals surface area contributed by atoms with Crippen LogP contribution in [0.1, 0.15) is 13.8 Å². The highest BCUT2D eigenvalue weighted by atomic mass is 14.9. The maximum absolute atomic E-state index is 8.45. The van der Waals surface area contributed by atoms with Crippen LogP contribution in [0.5, 0.6) is 0 Å². The van der Waals surface area contributed by atoms with Gasteiger partial charge in [0.1, 0.15) is 5.92 Å². The van der Waals surface area contributed by atoms with Gasteiger partial charge in [-0.3, -0.25) is 0 Å². The fourth-order valence-electron chi connectivity index (χ4n) is 1.09. The van der Waals surface area contributed by atoms with Crippen LogP contribution in [-0.2, 0) is 0 Å². The fourth-order valence-corrected chi connectivity index (χ4v) is 1.09. The maximum atomic E-state index is 8.45. The van der Waals surface area contributed by atoms with Crippen molar-refractivity contribution in [1.29, 1.82) is 5.26 Å². The molecule has 1 aliphatic carbocycles. The number of hydrogen-bond donors (Lipinski definition) is 0. The third-order valence-electron chi connectivity index (χ3n) is 2.05. The second-order valence-electron chi connectivity index (χ2n) is 3.00. The lowest BCUT2D eigenvalue weighted by atomic mass is 10.1. The molecule has 0 radical (unpaired) electrons. The Hall–Kier alpha value is -1.02. The number of nitrogens with zero attached hydrogens (tertiary/aromatic N) is 2. The van der Waals surface area contributed by atoms with E-state index in [1.807, 2.05) is 13.8 Å². The highest BCUT2D eigenvalue weighted by Crippen LogP contribution is 2.53. The highest BCUT2D eigenvalue weighted by molar-refractivity contribution is 5.24. The molecule has 1 aliphatic rings. The molecule has 2 heteroatoms. The van der Waals surface area contributed by atoms with Gasteiger partial charge in [-0.2, -0.15) is 5.26 Å². The summed E-state index contributed by atoms with van der Waals surface area (Å²) in [5.74, 6) is -0.0185. The lowest BCUT2D eigenvalue weighted by Gasteiger charge is -1.87. The molecule has 1 saturated carbocycles. The molecule has 2 nitrogen and oxygen atoms in total. The van der Waals surface area contributed by atoms with Crippen LogP contribution in [0.3, 0.4) is 0 Å². The summed E-state index contributed by atoms with van der Waals surface area (Å²) in [7, 11) is 0. The van der Waals surface area contributed by atoms with Crippen molar-refractivity contribution in [2.24, 2.45) is 11.3 Å². The van der Waals surface area contributed by atoms with Gasteiger partial charge in [-0.1, -0.05) is 13.8 Å². The molecular formula is C7H8N2. The number of nitriles is 1. The zero-order valence-electron chi connectivity index (χ0n) is 5.55. The van der Waals surface area contributed by atoms with Gasteiger partial charge in [-0.25, -0.2) is 6.57 Å². The van der Waals surface area contributed by atoms with Crippen molar-refractivity contribution >= 4 is 0 Å². The van der Waals surface area contributed by atoms with Gasteiger partial charge in [0.2, 0.25) is 6.04 Å². The molecule has 0 N–H and O–H groups in total. The first-order valence-corrected chi connectivity index (χ1v) is 2.90. The standard InChI is InChI=1S/C7H8N2/c1-7(2)5(4-8)6(7)9-3/h5-6H,1-2H3. The minimum absolute atomic E-state index is 0.0185. The van der Waals surface area contributed by atoms with E-state index < -0.39 is 0 Å². The fraction of sp³-hybridized carbons (Fsp3) is 0.714. The molecule has 2 atom stereocenters. The summed E-state index contributed by atoms with van der Waals surface area (Å²) in [4.78, 5) is 3.33. The van der Waals surface area contributed by atoms with Gasteiger partial charge in [0, 0.05) is 0 Å². The maximum Gasteiger partial charge on any atom is 0.246 e. The van der Waals surface area contributed by atoms with Crippen molar-refractivity contribution in [2.75, 3.05) is 0 Å². The van der Waals surface area contributed by atoms with Crippen LogP contribution >= 0.6 is 0 Å². The molecule has 0 saturated heterocycles. The summed E-state index contributed by atoms with van der Waals surface area (Å²) in [6, 6.07) is 2.08. The Labute approximate surface area is 54.9 Å². The van der Waals surface area contributed by atoms with E-state index in [1.165, 1.54) is 0 Å². The van der Waals surface area contributed by atoms with E-state index in [2.05, 4.69) is 10.9 Å². The zero-order chi connectivity index (χ0) is 7.07. The molecule has 46 valence electrons. The van der Waals surface area contributed by atoms with Crippen molar-refractivity contribution < 1.29 is 0 Å². The Morgan fingerprint density at radius 2 is 2.22 bits per heavy atom. The zero-order valence-corrected chi connectivity index (χ0v) is 5.55. The topological polar surface area (TPSA) is 28.1 Å². The number of rotatable bonds is 0. The van der Waals surface area contributed by atoms with E-state index in [0.717, 1.165) is 0 Å². The largest absolute Gasteiger partial charge is 0.312 e. The Morgan fingerprint density at radius 1 is 1.67 bits per heavy atom. The molecule has 0 amide bonds. The summed E-state index contributed by atoms with van der Waals surface area (Å²) in [5.41, 5.74) is -0.0312. The molecule has 0 spiro atoms. The number of hydrogen-bond acceptors (Lipinski definition) is 1. The summed E-state index contributed by atoms with van der Waals surface area (Å²) >= 11 is 0. The lowest BCUT2D eigenvalue weighted by Crippen LogP contribution is -1.88. The first-order valence-electron chi connectivity index (χ1n) is 2.90. The average molecular weight is 120 g/mol. The summed E-state index contributed by atoms with van der Waals surface area (Å²) in [5, 5.41) is 8.45. The van der Waals surface area contributed by atoms with Gasteiger partial charge in [0.05, 0.1) is 11.5 Å². The minimum atomic E-state index is -0.0394. The minimum Gasteiger partial charge on any atom is -0.312 e. The van der Waals surface area contributed by atoms with Crippen LogP contribution in [0.25, 0.3) is 4.85 Å². The van der Waals surface area contributed by atoms with Crippen molar-refractivity contribution in [3.8, 4) is 6.07 Å². The Kier molecular flexibility index (Phi) is 1.01. The van der Waals surface area contributed by atoms with Crippen LogP contribution in [0.4, 0.5) is 0 Å². The van der Waals surface area contributed by atoms with Crippen LogP contribution in [-0.4, -0.2) is 6.04 Å². The molecule has 1 fully saturated rings. The average Bonchev–Trinajstić information content (AvgIpc) is 2.32. The van der Waals surface area contributed by atoms with Gasteiger partial charge < -0.3 is 4.85 Å². The van der Waals surface area contributed by atoms with Gasteiger partial charge in [0.15, 0.2) is 0 Å². The van der Waals surface area contributed by atoms with Crippen molar-refractivity contribution in [3.05, 3.63) is 11.4 Å². The predicted octanol–water partition coefficient (Wildman–Crippen LogP) is 1.45. The van der Waals surface area contributed by atoms with E-state index >= 15 is 0 Å². The van der Waals surface area contributed by atoms with E-state index in [0.29, 0.717) is 0 Å². The first-order chi connectivity index (χ1) is 4.14. The van der Waals surface area contributed by atoms with Gasteiger partial charge in [-0.15, -0.1) is 0 Å². The lowest BCUT2D eigenvalue weighted by molar-refractivity contribution is 0.608.